The number of anilines is 2. The van der Waals surface area contributed by atoms with Gasteiger partial charge >= 0.3 is 12.2 Å². The van der Waals surface area contributed by atoms with Crippen LogP contribution in [-0.4, -0.2) is 18.1 Å². The van der Waals surface area contributed by atoms with Crippen molar-refractivity contribution >= 4 is 28.3 Å². The molecule has 0 aliphatic rings. The summed E-state index contributed by atoms with van der Waals surface area (Å²) < 4.78 is 70.5. The molecule has 11 heteroatoms. The second-order valence-electron chi connectivity index (χ2n) is 9.01. The van der Waals surface area contributed by atoms with Crippen LogP contribution in [0.4, 0.5) is 33.7 Å². The van der Waals surface area contributed by atoms with Crippen LogP contribution in [0, 0.1) is 5.82 Å². The number of benzene rings is 4. The number of aromatic nitrogens is 1. The van der Waals surface area contributed by atoms with Gasteiger partial charge in [0.2, 0.25) is 0 Å². The topological polar surface area (TPSA) is 81.7 Å². The number of ether oxygens (including phenoxy) is 3. The highest BCUT2D eigenvalue weighted by molar-refractivity contribution is 5.99. The Balaban J connectivity index is 1.28. The van der Waals surface area contributed by atoms with Crippen molar-refractivity contribution in [3.63, 3.8) is 0 Å². The van der Waals surface area contributed by atoms with Gasteiger partial charge in [0.05, 0.1) is 18.2 Å². The zero-order valence-electron chi connectivity index (χ0n) is 22.0. The van der Waals surface area contributed by atoms with E-state index in [9.17, 15) is 22.4 Å². The maximum Gasteiger partial charge on any atom is 0.416 e. The minimum absolute atomic E-state index is 0.103. The largest absolute Gasteiger partial charge is 0.493 e. The van der Waals surface area contributed by atoms with Gasteiger partial charge in [-0.1, -0.05) is 30.3 Å². The first-order valence-electron chi connectivity index (χ1n) is 12.6. The Bertz CT molecular complexity index is 1710. The summed E-state index contributed by atoms with van der Waals surface area (Å²) in [6, 6.07) is 21.6. The Morgan fingerprint density at radius 2 is 1.52 bits per heavy atom. The molecular weight excluding hydrogens is 554 g/mol. The molecule has 0 spiro atoms. The second kappa shape index (κ2) is 12.0. The van der Waals surface area contributed by atoms with Crippen molar-refractivity contribution in [2.75, 3.05) is 17.7 Å². The number of hydrogen-bond donors (Lipinski definition) is 2. The summed E-state index contributed by atoms with van der Waals surface area (Å²) in [5.41, 5.74) is 0.911. The lowest BCUT2D eigenvalue weighted by Crippen LogP contribution is -2.19. The molecule has 0 aliphatic heterocycles. The molecule has 5 rings (SSSR count). The SMILES string of the molecule is COc1cc2c(Oc3ccc(NC(=O)Nc4ccc(C(F)(F)F)cc4)cc3F)ccnc2cc1OCc1ccccc1. The number of nitrogens with zero attached hydrogens (tertiary/aromatic N) is 1. The minimum atomic E-state index is -4.49. The standard InChI is InChI=1S/C31H23F4N3O4/c1-40-28-16-23-25(17-29(28)41-18-19-5-3-2-4-6-19)36-14-13-26(23)42-27-12-11-22(15-24(27)32)38-30(39)37-21-9-7-20(8-10-21)31(33,34)35/h2-17H,18H2,1H3,(H2,37,38,39). The lowest BCUT2D eigenvalue weighted by atomic mass is 10.1. The normalized spacial score (nSPS) is 11.2. The molecule has 0 radical (unpaired) electrons. The molecule has 1 aromatic heterocycles. The number of carbonyl (C=O) groups excluding carboxylic acids is 1. The number of halogens is 4. The molecule has 4 aromatic carbocycles. The highest BCUT2D eigenvalue weighted by Crippen LogP contribution is 2.38. The Hall–Kier alpha value is -5.32. The van der Waals surface area contributed by atoms with Crippen LogP contribution in [0.1, 0.15) is 11.1 Å². The summed E-state index contributed by atoms with van der Waals surface area (Å²) in [4.78, 5) is 16.7. The van der Waals surface area contributed by atoms with Crippen molar-refractivity contribution in [2.45, 2.75) is 12.8 Å². The number of methoxy groups -OCH3 is 1. The first kappa shape index (κ1) is 28.2. The molecule has 0 unspecified atom stereocenters. The van der Waals surface area contributed by atoms with Gasteiger partial charge in [-0.15, -0.1) is 0 Å². The number of urea groups is 1. The fourth-order valence-corrected chi connectivity index (χ4v) is 4.04. The Morgan fingerprint density at radius 1 is 0.810 bits per heavy atom. The monoisotopic (exact) mass is 577 g/mol. The summed E-state index contributed by atoms with van der Waals surface area (Å²) in [6.07, 6.45) is -2.97. The van der Waals surface area contributed by atoms with Crippen LogP contribution in [0.25, 0.3) is 10.9 Å². The summed E-state index contributed by atoms with van der Waals surface area (Å²) >= 11 is 0. The smallest absolute Gasteiger partial charge is 0.416 e. The van der Waals surface area contributed by atoms with Crippen LogP contribution in [0.2, 0.25) is 0 Å². The van der Waals surface area contributed by atoms with Gasteiger partial charge in [-0.2, -0.15) is 13.2 Å². The third-order valence-electron chi connectivity index (χ3n) is 6.10. The van der Waals surface area contributed by atoms with E-state index >= 15 is 0 Å². The predicted octanol–water partition coefficient (Wildman–Crippen LogP) is 8.42. The quantitative estimate of drug-likeness (QED) is 0.181. The lowest BCUT2D eigenvalue weighted by Gasteiger charge is -2.15. The molecule has 5 aromatic rings. The van der Waals surface area contributed by atoms with Gasteiger partial charge in [-0.3, -0.25) is 4.98 Å². The Morgan fingerprint density at radius 3 is 2.21 bits per heavy atom. The van der Waals surface area contributed by atoms with Gasteiger partial charge in [0.15, 0.2) is 23.1 Å². The van der Waals surface area contributed by atoms with Gasteiger partial charge in [0.25, 0.3) is 0 Å². The van der Waals surface area contributed by atoms with Crippen molar-refractivity contribution in [1.29, 1.82) is 0 Å². The number of pyridine rings is 1. The van der Waals surface area contributed by atoms with Crippen molar-refractivity contribution < 1.29 is 36.6 Å². The van der Waals surface area contributed by atoms with E-state index in [0.29, 0.717) is 34.8 Å². The zero-order chi connectivity index (χ0) is 29.7. The van der Waals surface area contributed by atoms with Gasteiger partial charge < -0.3 is 24.8 Å². The van der Waals surface area contributed by atoms with Crippen LogP contribution in [-0.2, 0) is 12.8 Å². The van der Waals surface area contributed by atoms with Crippen LogP contribution in [0.5, 0.6) is 23.0 Å². The van der Waals surface area contributed by atoms with E-state index in [4.69, 9.17) is 14.2 Å². The van der Waals surface area contributed by atoms with E-state index in [1.807, 2.05) is 30.3 Å². The van der Waals surface area contributed by atoms with E-state index in [0.717, 1.165) is 35.9 Å². The van der Waals surface area contributed by atoms with E-state index in [-0.39, 0.29) is 17.1 Å². The number of rotatable bonds is 8. The summed E-state index contributed by atoms with van der Waals surface area (Å²) in [7, 11) is 1.51. The summed E-state index contributed by atoms with van der Waals surface area (Å²) in [5, 5.41) is 5.38. The third kappa shape index (κ3) is 6.69. The highest BCUT2D eigenvalue weighted by atomic mass is 19.4. The molecule has 0 bridgehead atoms. The molecule has 1 heterocycles. The Kier molecular flexibility index (Phi) is 8.09. The first-order chi connectivity index (χ1) is 20.2. The molecule has 0 saturated carbocycles. The van der Waals surface area contributed by atoms with Crippen molar-refractivity contribution in [3.05, 3.63) is 114 Å². The number of hydrogen-bond acceptors (Lipinski definition) is 5. The number of fused-ring (bicyclic) bond motifs is 1. The van der Waals surface area contributed by atoms with Crippen molar-refractivity contribution in [3.8, 4) is 23.0 Å². The molecule has 7 nitrogen and oxygen atoms in total. The number of amides is 2. The molecule has 0 fully saturated rings. The second-order valence-corrected chi connectivity index (χ2v) is 9.01. The molecule has 0 atom stereocenters. The minimum Gasteiger partial charge on any atom is -0.493 e. The fourth-order valence-electron chi connectivity index (χ4n) is 4.04. The highest BCUT2D eigenvalue weighted by Gasteiger charge is 2.30. The molecule has 0 aliphatic carbocycles. The number of nitrogens with one attached hydrogen (secondary N) is 2. The zero-order valence-corrected chi connectivity index (χ0v) is 22.0. The molecule has 0 saturated heterocycles. The average Bonchev–Trinajstić information content (AvgIpc) is 2.97. The summed E-state index contributed by atoms with van der Waals surface area (Å²) in [5.74, 6) is 0.360. The Labute approximate surface area is 237 Å². The maximum atomic E-state index is 15.0. The molecule has 2 N–H and O–H groups in total. The van der Waals surface area contributed by atoms with Gasteiger partial charge in [-0.25, -0.2) is 9.18 Å². The average molecular weight is 578 g/mol. The summed E-state index contributed by atoms with van der Waals surface area (Å²) in [6.45, 7) is 0.326. The van der Waals surface area contributed by atoms with Crippen LogP contribution in [0.3, 0.4) is 0 Å². The van der Waals surface area contributed by atoms with E-state index < -0.39 is 23.6 Å². The van der Waals surface area contributed by atoms with Gasteiger partial charge in [0, 0.05) is 35.1 Å². The van der Waals surface area contributed by atoms with E-state index in [1.165, 1.54) is 25.4 Å². The predicted molar refractivity (Wildman–Crippen MR) is 150 cm³/mol. The third-order valence-corrected chi connectivity index (χ3v) is 6.10. The van der Waals surface area contributed by atoms with Gasteiger partial charge in [0.1, 0.15) is 12.4 Å². The van der Waals surface area contributed by atoms with E-state index in [2.05, 4.69) is 15.6 Å². The van der Waals surface area contributed by atoms with Gasteiger partial charge in [-0.05, 0) is 54.1 Å². The van der Waals surface area contributed by atoms with Crippen LogP contribution < -0.4 is 24.8 Å². The molecule has 214 valence electrons. The van der Waals surface area contributed by atoms with E-state index in [1.54, 1.807) is 18.2 Å². The fraction of sp³-hybridized carbons (Fsp3) is 0.0968. The van der Waals surface area contributed by atoms with Crippen LogP contribution in [0.15, 0.2) is 97.2 Å². The molecular formula is C31H23F4N3O4. The van der Waals surface area contributed by atoms with Crippen molar-refractivity contribution in [2.24, 2.45) is 0 Å². The number of alkyl halides is 3. The van der Waals surface area contributed by atoms with Crippen LogP contribution >= 0.6 is 0 Å². The van der Waals surface area contributed by atoms with Crippen molar-refractivity contribution in [1.82, 2.24) is 4.98 Å². The first-order valence-corrected chi connectivity index (χ1v) is 12.6. The lowest BCUT2D eigenvalue weighted by molar-refractivity contribution is -0.137. The molecule has 42 heavy (non-hydrogen) atoms. The maximum absolute atomic E-state index is 15.0. The number of carbonyl (C=O) groups is 1. The molecule has 2 amide bonds.